The maximum atomic E-state index is 13.1. The first-order valence-electron chi connectivity index (χ1n) is 4.89. The summed E-state index contributed by atoms with van der Waals surface area (Å²) in [4.78, 5) is -0.373. The van der Waals surface area contributed by atoms with E-state index in [1.807, 2.05) is 0 Å². The van der Waals surface area contributed by atoms with Crippen LogP contribution in [0.4, 0.5) is 30.7 Å². The lowest BCUT2D eigenvalue weighted by molar-refractivity contribution is -0.330. The van der Waals surface area contributed by atoms with Crippen LogP contribution in [0.2, 0.25) is 0 Å². The summed E-state index contributed by atoms with van der Waals surface area (Å²) in [5, 5.41) is -5.29. The Morgan fingerprint density at radius 3 is 1.68 bits per heavy atom. The van der Waals surface area contributed by atoms with Crippen molar-refractivity contribution in [3.05, 3.63) is 29.3 Å². The van der Waals surface area contributed by atoms with Crippen LogP contribution in [0, 0.1) is 19.9 Å². The Morgan fingerprint density at radius 1 is 0.895 bits per heavy atom. The summed E-state index contributed by atoms with van der Waals surface area (Å²) in [5.41, 5.74) is 0.738. The van der Waals surface area contributed by atoms with Gasteiger partial charge >= 0.3 is 17.4 Å². The van der Waals surface area contributed by atoms with Gasteiger partial charge in [-0.2, -0.15) is 30.7 Å². The van der Waals surface area contributed by atoms with Crippen LogP contribution in [0.3, 0.4) is 0 Å². The highest BCUT2D eigenvalue weighted by Gasteiger charge is 2.73. The molecule has 0 saturated heterocycles. The molecule has 19 heavy (non-hydrogen) atoms. The summed E-state index contributed by atoms with van der Waals surface area (Å²) in [7, 11) is 0. The molecule has 0 aliphatic rings. The number of halogens is 7. The molecule has 0 unspecified atom stereocenters. The van der Waals surface area contributed by atoms with Crippen molar-refractivity contribution in [2.45, 2.75) is 36.1 Å². The van der Waals surface area contributed by atoms with Gasteiger partial charge in [0.25, 0.3) is 0 Å². The minimum atomic E-state index is -6.31. The van der Waals surface area contributed by atoms with E-state index in [0.717, 1.165) is 12.1 Å². The van der Waals surface area contributed by atoms with Crippen molar-refractivity contribution in [1.82, 2.24) is 0 Å². The van der Waals surface area contributed by atoms with Gasteiger partial charge in [0.15, 0.2) is 0 Å². The number of alkyl halides is 7. The maximum Gasteiger partial charge on any atom is 0.460 e. The molecule has 0 saturated carbocycles. The van der Waals surface area contributed by atoms with E-state index in [2.05, 4.69) is 6.07 Å². The van der Waals surface area contributed by atoms with E-state index in [-0.39, 0.29) is 4.90 Å². The van der Waals surface area contributed by atoms with E-state index in [1.165, 1.54) is 13.8 Å². The normalized spacial score (nSPS) is 13.7. The first-order chi connectivity index (χ1) is 8.37. The van der Waals surface area contributed by atoms with Gasteiger partial charge < -0.3 is 0 Å². The van der Waals surface area contributed by atoms with E-state index in [9.17, 15) is 30.7 Å². The van der Waals surface area contributed by atoms with Crippen molar-refractivity contribution >= 4 is 11.8 Å². The Labute approximate surface area is 109 Å². The molecule has 0 aliphatic carbocycles. The number of aryl methyl sites for hydroxylation is 2. The third kappa shape index (κ3) is 3.34. The molecule has 0 N–H and O–H groups in total. The fourth-order valence-electron chi connectivity index (χ4n) is 1.29. The molecule has 0 aliphatic heterocycles. The van der Waals surface area contributed by atoms with Crippen molar-refractivity contribution in [3.63, 3.8) is 0 Å². The van der Waals surface area contributed by atoms with Gasteiger partial charge in [0.05, 0.1) is 0 Å². The summed E-state index contributed by atoms with van der Waals surface area (Å²) < 4.78 is 87.5. The van der Waals surface area contributed by atoms with Crippen molar-refractivity contribution in [2.75, 3.05) is 0 Å². The number of rotatable bonds is 3. The average Bonchev–Trinajstić information content (AvgIpc) is 2.12. The van der Waals surface area contributed by atoms with Gasteiger partial charge in [-0.15, -0.1) is 0 Å². The molecular weight excluding hydrogens is 297 g/mol. The van der Waals surface area contributed by atoms with E-state index < -0.39 is 29.1 Å². The molecule has 0 atom stereocenters. The molecule has 1 rings (SSSR count). The van der Waals surface area contributed by atoms with Crippen molar-refractivity contribution in [2.24, 2.45) is 0 Å². The molecule has 1 aromatic carbocycles. The molecule has 107 valence electrons. The molecule has 0 bridgehead atoms. The summed E-state index contributed by atoms with van der Waals surface area (Å²) in [5.74, 6) is -6.11. The average molecular weight is 305 g/mol. The maximum absolute atomic E-state index is 13.1. The number of benzene rings is 1. The lowest BCUT2D eigenvalue weighted by Crippen LogP contribution is -2.49. The molecule has 0 amide bonds. The summed E-state index contributed by atoms with van der Waals surface area (Å²) in [6.45, 7) is 2.94. The molecule has 0 spiro atoms. The van der Waals surface area contributed by atoms with Gasteiger partial charge in [-0.3, -0.25) is 0 Å². The molecule has 8 heteroatoms. The Balaban J connectivity index is 3.09. The van der Waals surface area contributed by atoms with Crippen molar-refractivity contribution in [3.8, 4) is 0 Å². The van der Waals surface area contributed by atoms with E-state index in [4.69, 9.17) is 0 Å². The minimum Gasteiger partial charge on any atom is -0.188 e. The van der Waals surface area contributed by atoms with Gasteiger partial charge in [0.1, 0.15) is 0 Å². The third-order valence-electron chi connectivity index (χ3n) is 2.08. The van der Waals surface area contributed by atoms with E-state index in [0.29, 0.717) is 11.1 Å². The van der Waals surface area contributed by atoms with Gasteiger partial charge in [-0.05, 0) is 54.9 Å². The van der Waals surface area contributed by atoms with Crippen molar-refractivity contribution in [1.29, 1.82) is 0 Å². The summed E-state index contributed by atoms with van der Waals surface area (Å²) in [6, 6.07) is 4.83. The second-order valence-electron chi connectivity index (χ2n) is 3.87. The second-order valence-corrected chi connectivity index (χ2v) is 5.06. The Bertz CT molecular complexity index is 444. The smallest absolute Gasteiger partial charge is 0.188 e. The van der Waals surface area contributed by atoms with Crippen LogP contribution < -0.4 is 0 Å². The number of thioether (sulfide) groups is 1. The second kappa shape index (κ2) is 4.88. The Hall–Kier alpha value is -0.920. The molecule has 0 heterocycles. The van der Waals surface area contributed by atoms with Crippen LogP contribution in [-0.4, -0.2) is 17.4 Å². The molecule has 0 fully saturated rings. The summed E-state index contributed by atoms with van der Waals surface area (Å²) in [6.07, 6.45) is -6.31. The first-order valence-corrected chi connectivity index (χ1v) is 5.70. The molecule has 0 nitrogen and oxygen atoms in total. The van der Waals surface area contributed by atoms with Crippen LogP contribution in [0.5, 0.6) is 0 Å². The highest BCUT2D eigenvalue weighted by atomic mass is 32.2. The fourth-order valence-corrected chi connectivity index (χ4v) is 2.30. The van der Waals surface area contributed by atoms with E-state index >= 15 is 0 Å². The lowest BCUT2D eigenvalue weighted by Gasteiger charge is -2.27. The minimum absolute atomic E-state index is 0.369. The number of hydrogen-bond acceptors (Lipinski definition) is 1. The highest BCUT2D eigenvalue weighted by molar-refractivity contribution is 8.00. The third-order valence-corrected chi connectivity index (χ3v) is 3.06. The topological polar surface area (TPSA) is 0 Å². The largest absolute Gasteiger partial charge is 0.460 e. The Morgan fingerprint density at radius 2 is 1.32 bits per heavy atom. The van der Waals surface area contributed by atoms with Gasteiger partial charge in [0, 0.05) is 4.90 Å². The highest BCUT2D eigenvalue weighted by Crippen LogP contribution is 2.53. The number of hydrogen-bond donors (Lipinski definition) is 0. The first kappa shape index (κ1) is 16.1. The van der Waals surface area contributed by atoms with Crippen LogP contribution in [-0.2, 0) is 0 Å². The van der Waals surface area contributed by atoms with Crippen LogP contribution in [0.15, 0.2) is 17.0 Å². The van der Waals surface area contributed by atoms with Crippen LogP contribution in [0.25, 0.3) is 0 Å². The fraction of sp³-hybridized carbons (Fsp3) is 0.455. The lowest BCUT2D eigenvalue weighted by atomic mass is 10.2. The predicted octanol–water partition coefficient (Wildman–Crippen LogP) is 4.99. The SMILES string of the molecule is Cc1[c]c(C)cc(SC(F)(F)C(F)(F)C(F)(F)F)c1. The zero-order chi connectivity index (χ0) is 15.1. The molecule has 0 aromatic heterocycles. The van der Waals surface area contributed by atoms with Crippen LogP contribution >= 0.6 is 11.8 Å². The predicted molar refractivity (Wildman–Crippen MR) is 56.6 cm³/mol. The van der Waals surface area contributed by atoms with Gasteiger partial charge in [-0.1, -0.05) is 0 Å². The summed E-state index contributed by atoms with van der Waals surface area (Å²) >= 11 is -0.815. The Kier molecular flexibility index (Phi) is 4.15. The van der Waals surface area contributed by atoms with Crippen LogP contribution in [0.1, 0.15) is 11.1 Å². The molecular formula is C11H8F7S. The van der Waals surface area contributed by atoms with E-state index in [1.54, 1.807) is 0 Å². The zero-order valence-electron chi connectivity index (χ0n) is 9.71. The standard InChI is InChI=1S/C11H8F7S/c1-6-3-7(2)5-8(4-6)19-11(17,18)9(12,13)10(14,15)16/h4-5H,1-2H3. The van der Waals surface area contributed by atoms with Gasteiger partial charge in [-0.25, -0.2) is 0 Å². The molecule has 1 aromatic rings. The zero-order valence-corrected chi connectivity index (χ0v) is 10.5. The van der Waals surface area contributed by atoms with Crippen molar-refractivity contribution < 1.29 is 30.7 Å². The molecule has 1 radical (unpaired) electrons. The van der Waals surface area contributed by atoms with Gasteiger partial charge in [0.2, 0.25) is 0 Å². The monoisotopic (exact) mass is 305 g/mol. The quantitative estimate of drug-likeness (QED) is 0.560.